The molecule has 1 rings (SSSR count). The van der Waals surface area contributed by atoms with Gasteiger partial charge in [0.05, 0.1) is 10.0 Å². The van der Waals surface area contributed by atoms with E-state index in [0.29, 0.717) is 35.4 Å². The number of nitrogens with one attached hydrogen (secondary N) is 3. The molecule has 1 atom stereocenters. The van der Waals surface area contributed by atoms with E-state index in [1.54, 1.807) is 6.07 Å². The maximum Gasteiger partial charge on any atom is 0.312 e. The van der Waals surface area contributed by atoms with E-state index >= 15 is 0 Å². The number of hydrogen-bond donors (Lipinski definition) is 4. The predicted molar refractivity (Wildman–Crippen MR) is 91.8 cm³/mol. The van der Waals surface area contributed by atoms with Crippen molar-refractivity contribution in [3.8, 4) is 0 Å². The average molecular weight is 362 g/mol. The van der Waals surface area contributed by atoms with Crippen molar-refractivity contribution in [2.24, 2.45) is 5.73 Å². The van der Waals surface area contributed by atoms with Gasteiger partial charge in [-0.3, -0.25) is 4.79 Å². The van der Waals surface area contributed by atoms with Gasteiger partial charge in [0.1, 0.15) is 11.9 Å². The van der Waals surface area contributed by atoms with Gasteiger partial charge in [0.25, 0.3) is 0 Å². The summed E-state index contributed by atoms with van der Waals surface area (Å²) in [5.41, 5.74) is 5.09. The van der Waals surface area contributed by atoms with Crippen LogP contribution in [0.5, 0.6) is 0 Å². The summed E-state index contributed by atoms with van der Waals surface area (Å²) >= 11 is 11.7. The fourth-order valence-electron chi connectivity index (χ4n) is 1.88. The Morgan fingerprint density at radius 2 is 2.09 bits per heavy atom. The fourth-order valence-corrected chi connectivity index (χ4v) is 2.33. The van der Waals surface area contributed by atoms with Gasteiger partial charge in [0.2, 0.25) is 5.91 Å². The first-order chi connectivity index (χ1) is 10.9. The van der Waals surface area contributed by atoms with Gasteiger partial charge in [-0.1, -0.05) is 43.0 Å². The molecule has 9 heteroatoms. The summed E-state index contributed by atoms with van der Waals surface area (Å²) in [4.78, 5) is 27.0. The van der Waals surface area contributed by atoms with Crippen molar-refractivity contribution in [1.82, 2.24) is 15.6 Å². The third-order valence-electron chi connectivity index (χ3n) is 3.00. The molecule has 0 aliphatic rings. The number of carbonyl (C=O) groups is 2. The summed E-state index contributed by atoms with van der Waals surface area (Å²) in [6.07, 6.45) is 3.77. The minimum absolute atomic E-state index is 0.269. The van der Waals surface area contributed by atoms with Crippen LogP contribution in [0.15, 0.2) is 12.3 Å². The number of aromatic nitrogens is 1. The van der Waals surface area contributed by atoms with Gasteiger partial charge in [-0.05, 0) is 12.5 Å². The summed E-state index contributed by atoms with van der Waals surface area (Å²) in [6, 6.07) is 0.246. The predicted octanol–water partition coefficient (Wildman–Crippen LogP) is 2.14. The van der Waals surface area contributed by atoms with Crippen LogP contribution in [0.1, 0.15) is 26.2 Å². The zero-order valence-electron chi connectivity index (χ0n) is 12.9. The summed E-state index contributed by atoms with van der Waals surface area (Å²) in [5.74, 6) is 0.220. The molecule has 1 heterocycles. The number of primary amides is 1. The second-order valence-corrected chi connectivity index (χ2v) is 5.75. The lowest BCUT2D eigenvalue weighted by Crippen LogP contribution is -2.49. The van der Waals surface area contributed by atoms with E-state index in [1.807, 2.05) is 6.92 Å². The number of anilines is 1. The van der Waals surface area contributed by atoms with Crippen LogP contribution in [-0.4, -0.2) is 36.1 Å². The summed E-state index contributed by atoms with van der Waals surface area (Å²) in [7, 11) is 0. The van der Waals surface area contributed by atoms with Gasteiger partial charge in [0, 0.05) is 19.3 Å². The van der Waals surface area contributed by atoms with Crippen LogP contribution in [0.2, 0.25) is 10.0 Å². The molecule has 23 heavy (non-hydrogen) atoms. The number of rotatable bonds is 9. The number of unbranched alkanes of at least 4 members (excludes halogenated alkanes) is 1. The van der Waals surface area contributed by atoms with Crippen molar-refractivity contribution in [3.63, 3.8) is 0 Å². The highest BCUT2D eigenvalue weighted by Crippen LogP contribution is 2.21. The minimum atomic E-state index is -0.712. The van der Waals surface area contributed by atoms with E-state index in [4.69, 9.17) is 28.9 Å². The van der Waals surface area contributed by atoms with Crippen molar-refractivity contribution in [2.75, 3.05) is 18.4 Å². The van der Waals surface area contributed by atoms with Gasteiger partial charge in [-0.2, -0.15) is 0 Å². The second-order valence-electron chi connectivity index (χ2n) is 4.91. The average Bonchev–Trinajstić information content (AvgIpc) is 2.49. The Morgan fingerprint density at radius 1 is 1.35 bits per heavy atom. The first-order valence-electron chi connectivity index (χ1n) is 7.32. The molecular formula is C14H21Cl2N5O2. The van der Waals surface area contributed by atoms with Crippen LogP contribution in [0, 0.1) is 0 Å². The lowest BCUT2D eigenvalue weighted by Gasteiger charge is -2.17. The van der Waals surface area contributed by atoms with Crippen LogP contribution < -0.4 is 21.7 Å². The number of pyridine rings is 1. The Labute approximate surface area is 145 Å². The van der Waals surface area contributed by atoms with E-state index in [0.717, 1.165) is 12.8 Å². The Hall–Kier alpha value is -1.73. The van der Waals surface area contributed by atoms with Crippen LogP contribution in [0.25, 0.3) is 0 Å². The number of amides is 3. The molecule has 0 bridgehead atoms. The lowest BCUT2D eigenvalue weighted by atomic mass is 10.1. The van der Waals surface area contributed by atoms with Gasteiger partial charge >= 0.3 is 6.03 Å². The van der Waals surface area contributed by atoms with E-state index < -0.39 is 12.1 Å². The van der Waals surface area contributed by atoms with Crippen molar-refractivity contribution in [3.05, 3.63) is 22.3 Å². The number of nitrogens with two attached hydrogens (primary N) is 1. The molecule has 0 aliphatic carbocycles. The van der Waals surface area contributed by atoms with Crippen molar-refractivity contribution in [2.45, 2.75) is 32.2 Å². The molecule has 1 unspecified atom stereocenters. The smallest absolute Gasteiger partial charge is 0.312 e. The molecule has 0 fully saturated rings. The third kappa shape index (κ3) is 7.38. The highest BCUT2D eigenvalue weighted by atomic mass is 35.5. The molecule has 7 nitrogen and oxygen atoms in total. The fraction of sp³-hybridized carbons (Fsp3) is 0.500. The molecule has 0 spiro atoms. The molecular weight excluding hydrogens is 341 g/mol. The normalized spacial score (nSPS) is 11.6. The van der Waals surface area contributed by atoms with Gasteiger partial charge in [-0.15, -0.1) is 0 Å². The summed E-state index contributed by atoms with van der Waals surface area (Å²) in [5, 5.41) is 9.02. The Balaban J connectivity index is 2.39. The zero-order valence-corrected chi connectivity index (χ0v) is 14.4. The van der Waals surface area contributed by atoms with Crippen LogP contribution in [0.4, 0.5) is 10.6 Å². The van der Waals surface area contributed by atoms with Crippen LogP contribution in [0.3, 0.4) is 0 Å². The molecule has 0 saturated heterocycles. The second kappa shape index (κ2) is 10.1. The van der Waals surface area contributed by atoms with Crippen molar-refractivity contribution < 1.29 is 9.59 Å². The maximum absolute atomic E-state index is 12.0. The molecule has 0 aromatic carbocycles. The van der Waals surface area contributed by atoms with Crippen LogP contribution in [-0.2, 0) is 4.79 Å². The minimum Gasteiger partial charge on any atom is -0.367 e. The van der Waals surface area contributed by atoms with E-state index in [1.165, 1.54) is 6.20 Å². The number of halogens is 2. The molecule has 1 aromatic rings. The topological polar surface area (TPSA) is 109 Å². The van der Waals surface area contributed by atoms with Gasteiger partial charge in [-0.25, -0.2) is 9.78 Å². The number of carbonyl (C=O) groups excluding carboxylic acids is 2. The largest absolute Gasteiger partial charge is 0.367 e. The zero-order chi connectivity index (χ0) is 17.2. The molecule has 128 valence electrons. The van der Waals surface area contributed by atoms with Crippen LogP contribution >= 0.6 is 23.2 Å². The molecule has 0 aliphatic heterocycles. The van der Waals surface area contributed by atoms with E-state index in [9.17, 15) is 9.59 Å². The van der Waals surface area contributed by atoms with Crippen molar-refractivity contribution >= 4 is 41.0 Å². The molecule has 1 aromatic heterocycles. The highest BCUT2D eigenvalue weighted by Gasteiger charge is 2.18. The van der Waals surface area contributed by atoms with Gasteiger partial charge < -0.3 is 21.7 Å². The van der Waals surface area contributed by atoms with Gasteiger partial charge in [0.15, 0.2) is 0 Å². The molecule has 0 radical (unpaired) electrons. The standard InChI is InChI=1S/C14H21Cl2N5O2/c1-2-3-4-11(21-14(17)23)13(22)19-6-5-18-12-10(16)7-9(15)8-20-12/h7-8,11H,2-6H2,1H3,(H,18,20)(H,19,22)(H3,17,21,23). The maximum atomic E-state index is 12.0. The first-order valence-corrected chi connectivity index (χ1v) is 8.08. The summed E-state index contributed by atoms with van der Waals surface area (Å²) < 4.78 is 0. The van der Waals surface area contributed by atoms with Crippen molar-refractivity contribution in [1.29, 1.82) is 0 Å². The monoisotopic (exact) mass is 361 g/mol. The highest BCUT2D eigenvalue weighted by molar-refractivity contribution is 6.35. The Kier molecular flexibility index (Phi) is 8.50. The quantitative estimate of drug-likeness (QED) is 0.505. The Bertz CT molecular complexity index is 542. The molecule has 3 amide bonds. The van der Waals surface area contributed by atoms with E-state index in [2.05, 4.69) is 20.9 Å². The number of hydrogen-bond acceptors (Lipinski definition) is 4. The molecule has 5 N–H and O–H groups in total. The lowest BCUT2D eigenvalue weighted by molar-refractivity contribution is -0.123. The number of nitrogens with zero attached hydrogens (tertiary/aromatic N) is 1. The number of urea groups is 1. The SMILES string of the molecule is CCCCC(NC(N)=O)C(=O)NCCNc1ncc(Cl)cc1Cl. The van der Waals surface area contributed by atoms with E-state index in [-0.39, 0.29) is 5.91 Å². The Morgan fingerprint density at radius 3 is 2.70 bits per heavy atom. The summed E-state index contributed by atoms with van der Waals surface area (Å²) in [6.45, 7) is 2.78. The first kappa shape index (κ1) is 19.3. The third-order valence-corrected chi connectivity index (χ3v) is 3.50. The molecule has 0 saturated carbocycles.